The third-order valence-electron chi connectivity index (χ3n) is 1.88. The molecule has 1 aromatic heterocycles. The Balaban J connectivity index is 3.10. The summed E-state index contributed by atoms with van der Waals surface area (Å²) in [6.07, 6.45) is 3.57. The Morgan fingerprint density at radius 2 is 2.22 bits per heavy atom. The second-order valence-corrected chi connectivity index (χ2v) is 3.74. The Hall–Kier alpha value is -2.36. The van der Waals surface area contributed by atoms with Crippen LogP contribution in [0.15, 0.2) is 12.7 Å². The number of nitriles is 1. The summed E-state index contributed by atoms with van der Waals surface area (Å²) in [5, 5.41) is 12.1. The lowest BCUT2D eigenvalue weighted by molar-refractivity contribution is 0.379. The fourth-order valence-electron chi connectivity index (χ4n) is 1.18. The van der Waals surface area contributed by atoms with Crippen molar-refractivity contribution in [1.29, 1.82) is 5.26 Å². The smallest absolute Gasteiger partial charge is 0.322 e. The molecule has 0 fully saturated rings. The lowest BCUT2D eigenvalue weighted by atomic mass is 10.4. The maximum atomic E-state index is 9.01. The molecular weight excluding hydrogens is 232 g/mol. The minimum Gasteiger partial charge on any atom is -0.467 e. The van der Waals surface area contributed by atoms with E-state index in [-0.39, 0.29) is 18.0 Å². The zero-order valence-electron chi connectivity index (χ0n) is 10.7. The summed E-state index contributed by atoms with van der Waals surface area (Å²) in [6.45, 7) is 7.82. The number of hydrogen-bond donors (Lipinski definition) is 1. The van der Waals surface area contributed by atoms with E-state index in [1.54, 1.807) is 6.08 Å². The SMILES string of the molecule is C=CCN(C#N)c1nc(NC(C)C)nc(OC)n1. The molecule has 7 nitrogen and oxygen atoms in total. The lowest BCUT2D eigenvalue weighted by Crippen LogP contribution is -2.21. The number of anilines is 2. The summed E-state index contributed by atoms with van der Waals surface area (Å²) in [5.41, 5.74) is 0. The van der Waals surface area contributed by atoms with Crippen LogP contribution in [0.5, 0.6) is 6.01 Å². The summed E-state index contributed by atoms with van der Waals surface area (Å²) < 4.78 is 4.99. The highest BCUT2D eigenvalue weighted by Crippen LogP contribution is 2.14. The number of rotatable bonds is 6. The number of nitrogens with zero attached hydrogens (tertiary/aromatic N) is 5. The first-order valence-corrected chi connectivity index (χ1v) is 5.45. The van der Waals surface area contributed by atoms with Crippen molar-refractivity contribution in [3.05, 3.63) is 12.7 Å². The topological polar surface area (TPSA) is 87.0 Å². The molecular formula is C11H16N6O. The van der Waals surface area contributed by atoms with Crippen molar-refractivity contribution in [2.24, 2.45) is 0 Å². The van der Waals surface area contributed by atoms with Crippen LogP contribution in [0.3, 0.4) is 0 Å². The Morgan fingerprint density at radius 1 is 1.50 bits per heavy atom. The van der Waals surface area contributed by atoms with Crippen LogP contribution in [0, 0.1) is 11.5 Å². The molecule has 96 valence electrons. The Morgan fingerprint density at radius 3 is 2.72 bits per heavy atom. The van der Waals surface area contributed by atoms with E-state index >= 15 is 0 Å². The zero-order chi connectivity index (χ0) is 13.5. The molecule has 0 spiro atoms. The molecule has 0 bridgehead atoms. The van der Waals surface area contributed by atoms with E-state index in [1.807, 2.05) is 20.0 Å². The third kappa shape index (κ3) is 3.59. The monoisotopic (exact) mass is 248 g/mol. The van der Waals surface area contributed by atoms with Crippen molar-refractivity contribution in [1.82, 2.24) is 15.0 Å². The number of aromatic nitrogens is 3. The van der Waals surface area contributed by atoms with E-state index in [1.165, 1.54) is 12.0 Å². The molecule has 1 rings (SSSR count). The molecule has 0 aliphatic rings. The summed E-state index contributed by atoms with van der Waals surface area (Å²) in [4.78, 5) is 13.5. The van der Waals surface area contributed by atoms with Crippen LogP contribution in [-0.2, 0) is 0 Å². The first-order valence-electron chi connectivity index (χ1n) is 5.45. The van der Waals surface area contributed by atoms with Gasteiger partial charge in [0.1, 0.15) is 0 Å². The van der Waals surface area contributed by atoms with Gasteiger partial charge in [-0.1, -0.05) is 6.08 Å². The van der Waals surface area contributed by atoms with Gasteiger partial charge in [0, 0.05) is 6.04 Å². The van der Waals surface area contributed by atoms with Crippen molar-refractivity contribution >= 4 is 11.9 Å². The van der Waals surface area contributed by atoms with Gasteiger partial charge in [-0.05, 0) is 13.8 Å². The highest BCUT2D eigenvalue weighted by atomic mass is 16.5. The van der Waals surface area contributed by atoms with Crippen LogP contribution >= 0.6 is 0 Å². The van der Waals surface area contributed by atoms with Crippen molar-refractivity contribution in [3.8, 4) is 12.2 Å². The van der Waals surface area contributed by atoms with Gasteiger partial charge >= 0.3 is 6.01 Å². The second kappa shape index (κ2) is 6.39. The fourth-order valence-corrected chi connectivity index (χ4v) is 1.18. The van der Waals surface area contributed by atoms with Gasteiger partial charge in [0.2, 0.25) is 11.9 Å². The van der Waals surface area contributed by atoms with Gasteiger partial charge in [0.25, 0.3) is 0 Å². The first-order chi connectivity index (χ1) is 8.60. The van der Waals surface area contributed by atoms with E-state index in [9.17, 15) is 0 Å². The molecule has 7 heteroatoms. The fraction of sp³-hybridized carbons (Fsp3) is 0.455. The molecule has 0 saturated carbocycles. The maximum Gasteiger partial charge on any atom is 0.322 e. The van der Waals surface area contributed by atoms with Crippen LogP contribution in [0.4, 0.5) is 11.9 Å². The molecule has 0 unspecified atom stereocenters. The second-order valence-electron chi connectivity index (χ2n) is 3.74. The molecule has 0 amide bonds. The van der Waals surface area contributed by atoms with E-state index < -0.39 is 0 Å². The standard InChI is InChI=1S/C11H16N6O/c1-5-6-17(7-12)10-14-9(13-8(2)3)15-11(16-10)18-4/h5,8H,1,6H2,2-4H3,(H,13,14,15,16). The van der Waals surface area contributed by atoms with Crippen molar-refractivity contribution in [2.75, 3.05) is 23.9 Å². The maximum absolute atomic E-state index is 9.01. The highest BCUT2D eigenvalue weighted by molar-refractivity contribution is 5.42. The van der Waals surface area contributed by atoms with Crippen LogP contribution < -0.4 is 15.0 Å². The van der Waals surface area contributed by atoms with E-state index in [0.717, 1.165) is 0 Å². The minimum atomic E-state index is 0.160. The summed E-state index contributed by atoms with van der Waals surface area (Å²) in [6, 6.07) is 0.326. The molecule has 1 heterocycles. The van der Waals surface area contributed by atoms with Gasteiger partial charge in [0.05, 0.1) is 13.7 Å². The molecule has 0 aliphatic heterocycles. The summed E-state index contributed by atoms with van der Waals surface area (Å²) in [7, 11) is 1.46. The molecule has 0 radical (unpaired) electrons. The molecule has 0 saturated heterocycles. The quantitative estimate of drug-likeness (QED) is 0.459. The molecule has 1 aromatic rings. The number of hydrogen-bond acceptors (Lipinski definition) is 7. The van der Waals surface area contributed by atoms with Gasteiger partial charge in [-0.25, -0.2) is 4.90 Å². The summed E-state index contributed by atoms with van der Waals surface area (Å²) in [5.74, 6) is 0.601. The minimum absolute atomic E-state index is 0.160. The molecule has 0 aliphatic carbocycles. The van der Waals surface area contributed by atoms with E-state index in [2.05, 4.69) is 26.8 Å². The van der Waals surface area contributed by atoms with Crippen molar-refractivity contribution in [3.63, 3.8) is 0 Å². The van der Waals surface area contributed by atoms with Crippen LogP contribution in [-0.4, -0.2) is 34.6 Å². The zero-order valence-corrected chi connectivity index (χ0v) is 10.7. The largest absolute Gasteiger partial charge is 0.467 e. The molecule has 18 heavy (non-hydrogen) atoms. The van der Waals surface area contributed by atoms with Gasteiger partial charge < -0.3 is 10.1 Å². The first kappa shape index (κ1) is 13.7. The van der Waals surface area contributed by atoms with Crippen LogP contribution in [0.1, 0.15) is 13.8 Å². The van der Waals surface area contributed by atoms with Gasteiger partial charge in [-0.2, -0.15) is 20.2 Å². The van der Waals surface area contributed by atoms with Crippen molar-refractivity contribution < 1.29 is 4.74 Å². The van der Waals surface area contributed by atoms with Crippen molar-refractivity contribution in [2.45, 2.75) is 19.9 Å². The molecule has 1 N–H and O–H groups in total. The lowest BCUT2D eigenvalue weighted by Gasteiger charge is -2.14. The number of nitrogens with one attached hydrogen (secondary N) is 1. The normalized spacial score (nSPS) is 9.72. The van der Waals surface area contributed by atoms with Crippen LogP contribution in [0.2, 0.25) is 0 Å². The Kier molecular flexibility index (Phi) is 4.87. The predicted molar refractivity (Wildman–Crippen MR) is 68.3 cm³/mol. The van der Waals surface area contributed by atoms with Gasteiger partial charge in [-0.15, -0.1) is 6.58 Å². The molecule has 0 aromatic carbocycles. The average molecular weight is 248 g/mol. The number of methoxy groups -OCH3 is 1. The Labute approximate surface area is 106 Å². The van der Waals surface area contributed by atoms with Gasteiger partial charge in [-0.3, -0.25) is 0 Å². The third-order valence-corrected chi connectivity index (χ3v) is 1.88. The van der Waals surface area contributed by atoms with E-state index in [0.29, 0.717) is 12.5 Å². The van der Waals surface area contributed by atoms with Gasteiger partial charge in [0.15, 0.2) is 6.19 Å². The highest BCUT2D eigenvalue weighted by Gasteiger charge is 2.13. The van der Waals surface area contributed by atoms with Crippen LogP contribution in [0.25, 0.3) is 0 Å². The number of ether oxygens (including phenoxy) is 1. The van der Waals surface area contributed by atoms with E-state index in [4.69, 9.17) is 10.00 Å². The molecule has 0 atom stereocenters. The average Bonchev–Trinajstić information content (AvgIpc) is 2.34. The summed E-state index contributed by atoms with van der Waals surface area (Å²) >= 11 is 0. The Bertz CT molecular complexity index is 453. The predicted octanol–water partition coefficient (Wildman–Crippen LogP) is 1.17.